The van der Waals surface area contributed by atoms with Gasteiger partial charge in [-0.15, -0.1) is 0 Å². The summed E-state index contributed by atoms with van der Waals surface area (Å²) in [6.45, 7) is 9.37. The van der Waals surface area contributed by atoms with Gasteiger partial charge in [0.2, 0.25) is 0 Å². The Labute approximate surface area is 104 Å². The second-order valence-corrected chi connectivity index (χ2v) is 5.73. The summed E-state index contributed by atoms with van der Waals surface area (Å²) in [6.07, 6.45) is 14.4. The van der Waals surface area contributed by atoms with Crippen LogP contribution < -0.4 is 0 Å². The van der Waals surface area contributed by atoms with Crippen LogP contribution in [0.4, 0.5) is 0 Å². The molecule has 0 aliphatic rings. The van der Waals surface area contributed by atoms with Crippen LogP contribution in [0.1, 0.15) is 91.9 Å². The summed E-state index contributed by atoms with van der Waals surface area (Å²) in [6, 6.07) is 0. The minimum atomic E-state index is 0.949. The van der Waals surface area contributed by atoms with E-state index in [2.05, 4.69) is 27.7 Å². The average molecular weight is 226 g/mol. The smallest absolute Gasteiger partial charge is 0.0445 e. The Balaban J connectivity index is 3.04. The van der Waals surface area contributed by atoms with Gasteiger partial charge < -0.3 is 0 Å². The van der Waals surface area contributed by atoms with Crippen molar-refractivity contribution in [3.63, 3.8) is 0 Å². The molecule has 0 aromatic carbocycles. The summed E-state index contributed by atoms with van der Waals surface area (Å²) in [7, 11) is 0. The van der Waals surface area contributed by atoms with Crippen LogP contribution >= 0.6 is 0 Å². The van der Waals surface area contributed by atoms with Crippen LogP contribution in [0.15, 0.2) is 0 Å². The van der Waals surface area contributed by atoms with Gasteiger partial charge in [0.1, 0.15) is 0 Å². The third kappa shape index (κ3) is 10.5. The summed E-state index contributed by atoms with van der Waals surface area (Å²) < 4.78 is 0. The Bertz CT molecular complexity index is 112. The van der Waals surface area contributed by atoms with Crippen LogP contribution in [0.25, 0.3) is 0 Å². The van der Waals surface area contributed by atoms with Crippen LogP contribution in [0.2, 0.25) is 0 Å². The van der Waals surface area contributed by atoms with E-state index in [1.165, 1.54) is 64.2 Å². The molecule has 0 fully saturated rings. The highest BCUT2D eigenvalue weighted by atomic mass is 14.1. The molecule has 0 heterocycles. The third-order valence-electron chi connectivity index (χ3n) is 4.04. The molecular formula is C16H34. The first-order valence-electron chi connectivity index (χ1n) is 7.70. The Kier molecular flexibility index (Phi) is 11.5. The molecule has 0 N–H and O–H groups in total. The molecule has 16 heavy (non-hydrogen) atoms. The normalized spacial score (nSPS) is 15.0. The summed E-state index contributed by atoms with van der Waals surface area (Å²) in [5, 5.41) is 0. The molecule has 2 unspecified atom stereocenters. The fourth-order valence-corrected chi connectivity index (χ4v) is 2.10. The van der Waals surface area contributed by atoms with Crippen molar-refractivity contribution in [3.8, 4) is 0 Å². The molecule has 0 aromatic heterocycles. The van der Waals surface area contributed by atoms with E-state index in [1.54, 1.807) is 0 Å². The molecule has 2 atom stereocenters. The lowest BCUT2D eigenvalue weighted by Gasteiger charge is -2.08. The van der Waals surface area contributed by atoms with Gasteiger partial charge in [-0.3, -0.25) is 0 Å². The molecule has 0 radical (unpaired) electrons. The van der Waals surface area contributed by atoms with Crippen molar-refractivity contribution >= 4 is 0 Å². The molecule has 0 saturated heterocycles. The minimum absolute atomic E-state index is 0.949. The van der Waals surface area contributed by atoms with Gasteiger partial charge in [0.15, 0.2) is 0 Å². The second kappa shape index (κ2) is 11.5. The Morgan fingerprint density at radius 3 is 1.19 bits per heavy atom. The van der Waals surface area contributed by atoms with Gasteiger partial charge in [-0.1, -0.05) is 91.9 Å². The van der Waals surface area contributed by atoms with Crippen molar-refractivity contribution < 1.29 is 0 Å². The van der Waals surface area contributed by atoms with Gasteiger partial charge in [0, 0.05) is 0 Å². The molecule has 0 amide bonds. The summed E-state index contributed by atoms with van der Waals surface area (Å²) in [5.41, 5.74) is 0. The molecule has 0 nitrogen and oxygen atoms in total. The zero-order valence-electron chi connectivity index (χ0n) is 12.2. The molecule has 0 bridgehead atoms. The van der Waals surface area contributed by atoms with Crippen LogP contribution in [-0.2, 0) is 0 Å². The molecule has 0 aromatic rings. The van der Waals surface area contributed by atoms with E-state index >= 15 is 0 Å². The topological polar surface area (TPSA) is 0 Å². The number of hydrogen-bond donors (Lipinski definition) is 0. The van der Waals surface area contributed by atoms with Crippen molar-refractivity contribution in [3.05, 3.63) is 0 Å². The van der Waals surface area contributed by atoms with Crippen molar-refractivity contribution in [1.29, 1.82) is 0 Å². The van der Waals surface area contributed by atoms with Gasteiger partial charge in [-0.05, 0) is 11.8 Å². The van der Waals surface area contributed by atoms with E-state index in [1.807, 2.05) is 0 Å². The van der Waals surface area contributed by atoms with E-state index < -0.39 is 0 Å². The fourth-order valence-electron chi connectivity index (χ4n) is 2.10. The van der Waals surface area contributed by atoms with Crippen LogP contribution in [0.5, 0.6) is 0 Å². The van der Waals surface area contributed by atoms with Crippen LogP contribution in [-0.4, -0.2) is 0 Å². The highest BCUT2D eigenvalue weighted by Gasteiger charge is 1.99. The minimum Gasteiger partial charge on any atom is -0.0651 e. The highest BCUT2D eigenvalue weighted by molar-refractivity contribution is 4.53. The molecule has 0 saturated carbocycles. The van der Waals surface area contributed by atoms with Gasteiger partial charge in [-0.25, -0.2) is 0 Å². The summed E-state index contributed by atoms with van der Waals surface area (Å²) in [5.74, 6) is 1.90. The van der Waals surface area contributed by atoms with E-state index in [-0.39, 0.29) is 0 Å². The van der Waals surface area contributed by atoms with Gasteiger partial charge in [0.05, 0.1) is 0 Å². The van der Waals surface area contributed by atoms with Crippen molar-refractivity contribution in [2.24, 2.45) is 11.8 Å². The van der Waals surface area contributed by atoms with Crippen LogP contribution in [0.3, 0.4) is 0 Å². The maximum atomic E-state index is 2.38. The molecule has 0 heteroatoms. The maximum Gasteiger partial charge on any atom is -0.0445 e. The van der Waals surface area contributed by atoms with Crippen molar-refractivity contribution in [2.45, 2.75) is 91.9 Å². The number of rotatable bonds is 11. The van der Waals surface area contributed by atoms with E-state index in [9.17, 15) is 0 Å². The lowest BCUT2D eigenvalue weighted by Crippen LogP contribution is -1.93. The monoisotopic (exact) mass is 226 g/mol. The maximum absolute atomic E-state index is 2.38. The van der Waals surface area contributed by atoms with Gasteiger partial charge in [-0.2, -0.15) is 0 Å². The largest absolute Gasteiger partial charge is 0.0651 e. The average Bonchev–Trinajstić information content (AvgIpc) is 2.31. The number of hydrogen-bond acceptors (Lipinski definition) is 0. The fraction of sp³-hybridized carbons (Fsp3) is 1.00. The lowest BCUT2D eigenvalue weighted by molar-refractivity contribution is 0.454. The first-order chi connectivity index (χ1) is 7.70. The lowest BCUT2D eigenvalue weighted by atomic mass is 9.98. The van der Waals surface area contributed by atoms with Gasteiger partial charge in [0.25, 0.3) is 0 Å². The standard InChI is InChI=1S/C16H34/c1-5-15(3)13-11-9-7-8-10-12-14-16(4)6-2/h15-16H,5-14H2,1-4H3. The molecule has 0 aliphatic heterocycles. The highest BCUT2D eigenvalue weighted by Crippen LogP contribution is 2.16. The first kappa shape index (κ1) is 16.0. The second-order valence-electron chi connectivity index (χ2n) is 5.73. The predicted octanol–water partition coefficient (Wildman–Crippen LogP) is 6.20. The van der Waals surface area contributed by atoms with Gasteiger partial charge >= 0.3 is 0 Å². The Morgan fingerprint density at radius 2 is 0.875 bits per heavy atom. The van der Waals surface area contributed by atoms with E-state index in [0.29, 0.717) is 0 Å². The van der Waals surface area contributed by atoms with Crippen molar-refractivity contribution in [1.82, 2.24) is 0 Å². The first-order valence-corrected chi connectivity index (χ1v) is 7.70. The van der Waals surface area contributed by atoms with E-state index in [0.717, 1.165) is 11.8 Å². The molecule has 0 rings (SSSR count). The summed E-state index contributed by atoms with van der Waals surface area (Å²) >= 11 is 0. The SMILES string of the molecule is CCC(C)CCCCCCCCC(C)CC. The molecule has 0 aliphatic carbocycles. The number of unbranched alkanes of at least 4 members (excludes halogenated alkanes) is 5. The zero-order chi connectivity index (χ0) is 12.2. The van der Waals surface area contributed by atoms with Crippen molar-refractivity contribution in [2.75, 3.05) is 0 Å². The molecule has 98 valence electrons. The Morgan fingerprint density at radius 1 is 0.562 bits per heavy atom. The van der Waals surface area contributed by atoms with Crippen LogP contribution in [0, 0.1) is 11.8 Å². The van der Waals surface area contributed by atoms with E-state index in [4.69, 9.17) is 0 Å². The molecular weight excluding hydrogens is 192 g/mol. The quantitative estimate of drug-likeness (QED) is 0.368. The molecule has 0 spiro atoms. The Hall–Kier alpha value is 0. The summed E-state index contributed by atoms with van der Waals surface area (Å²) in [4.78, 5) is 0. The predicted molar refractivity (Wildman–Crippen MR) is 75.8 cm³/mol. The zero-order valence-corrected chi connectivity index (χ0v) is 12.2. The third-order valence-corrected chi connectivity index (χ3v) is 4.04.